The first kappa shape index (κ1) is 11.0. The fraction of sp³-hybridized carbons (Fsp3) is 0.250. The molecule has 1 nitrogen and oxygen atoms in total. The van der Waals surface area contributed by atoms with Crippen LogP contribution in [0.15, 0.2) is 37.0 Å². The molecule has 0 aliphatic rings. The molecule has 0 aliphatic heterocycles. The van der Waals surface area contributed by atoms with E-state index in [1.54, 1.807) is 6.08 Å². The molecule has 0 aromatic heterocycles. The normalized spacial score (nSPS) is 7.89. The van der Waals surface area contributed by atoms with E-state index in [9.17, 15) is 0 Å². The van der Waals surface area contributed by atoms with Gasteiger partial charge in [-0.1, -0.05) is 37.0 Å². The fourth-order valence-corrected chi connectivity index (χ4v) is 0.232. The molecule has 0 amide bonds. The van der Waals surface area contributed by atoms with E-state index in [-0.39, 0.29) is 1.43 Å². The van der Waals surface area contributed by atoms with Crippen molar-refractivity contribution in [1.82, 2.24) is 0 Å². The topological polar surface area (TPSA) is 26.0 Å². The first-order chi connectivity index (χ1) is 4.27. The number of hydrogen-bond acceptors (Lipinski definition) is 1. The smallest absolute Gasteiger partial charge is 0 e. The quantitative estimate of drug-likeness (QED) is 0.565. The minimum Gasteiger partial charge on any atom is -0.333 e. The first-order valence-corrected chi connectivity index (χ1v) is 2.79. The Morgan fingerprint density at radius 2 is 2.00 bits per heavy atom. The molecule has 0 radical (unpaired) electrons. The molecule has 0 rings (SSSR count). The van der Waals surface area contributed by atoms with E-state index in [0.29, 0.717) is 0 Å². The fourth-order valence-electron chi connectivity index (χ4n) is 0.232. The summed E-state index contributed by atoms with van der Waals surface area (Å²) in [6.07, 6.45) is 5.50. The van der Waals surface area contributed by atoms with Crippen molar-refractivity contribution in [2.45, 2.75) is 6.92 Å². The van der Waals surface area contributed by atoms with Crippen LogP contribution in [0.5, 0.6) is 0 Å². The Morgan fingerprint density at radius 1 is 1.56 bits per heavy atom. The van der Waals surface area contributed by atoms with Crippen molar-refractivity contribution in [2.75, 3.05) is 7.05 Å². The lowest BCUT2D eigenvalue weighted by Crippen LogP contribution is -1.69. The molecule has 54 valence electrons. The summed E-state index contributed by atoms with van der Waals surface area (Å²) >= 11 is 0. The third kappa shape index (κ3) is 19.1. The van der Waals surface area contributed by atoms with Gasteiger partial charge >= 0.3 is 0 Å². The monoisotopic (exact) mass is 127 g/mol. The van der Waals surface area contributed by atoms with Crippen LogP contribution in [0.4, 0.5) is 0 Å². The molecule has 0 bridgehead atoms. The maximum absolute atomic E-state index is 4.50. The molecule has 0 saturated carbocycles. The Hall–Kier alpha value is -0.820. The number of hydrogen-bond donors (Lipinski definition) is 1. The van der Waals surface area contributed by atoms with Gasteiger partial charge in [0.1, 0.15) is 0 Å². The Bertz CT molecular complexity index is 106. The highest BCUT2D eigenvalue weighted by molar-refractivity contribution is 5.15. The van der Waals surface area contributed by atoms with Gasteiger partial charge < -0.3 is 5.73 Å². The molecule has 0 fully saturated rings. The molecular weight excluding hydrogens is 110 g/mol. The number of allylic oxidation sites excluding steroid dienone is 4. The second kappa shape index (κ2) is 10.2. The van der Waals surface area contributed by atoms with Gasteiger partial charge in [0, 0.05) is 1.43 Å². The van der Waals surface area contributed by atoms with Crippen molar-refractivity contribution in [3.63, 3.8) is 0 Å². The molecule has 2 N–H and O–H groups in total. The average molecular weight is 127 g/mol. The van der Waals surface area contributed by atoms with E-state index in [4.69, 9.17) is 0 Å². The highest BCUT2D eigenvalue weighted by Gasteiger charge is 1.65. The largest absolute Gasteiger partial charge is 0.333 e. The summed E-state index contributed by atoms with van der Waals surface area (Å²) in [5.41, 5.74) is 5.56. The van der Waals surface area contributed by atoms with E-state index in [1.165, 1.54) is 7.05 Å². The van der Waals surface area contributed by atoms with E-state index in [2.05, 4.69) is 18.9 Å². The van der Waals surface area contributed by atoms with Gasteiger partial charge in [0.05, 0.1) is 0 Å². The Balaban J connectivity index is -0.000000149. The van der Waals surface area contributed by atoms with Crippen LogP contribution in [0.3, 0.4) is 0 Å². The zero-order valence-corrected chi connectivity index (χ0v) is 6.22. The highest BCUT2D eigenvalue weighted by atomic mass is 14.4. The number of rotatable bonds is 2. The SMILES string of the molecule is C=C/C=C\C(=C)C.CN.[HH]. The second-order valence-electron chi connectivity index (χ2n) is 1.44. The van der Waals surface area contributed by atoms with E-state index < -0.39 is 0 Å². The van der Waals surface area contributed by atoms with Gasteiger partial charge in [0.2, 0.25) is 0 Å². The van der Waals surface area contributed by atoms with Gasteiger partial charge in [0.25, 0.3) is 0 Å². The zero-order valence-electron chi connectivity index (χ0n) is 6.22. The van der Waals surface area contributed by atoms with E-state index >= 15 is 0 Å². The van der Waals surface area contributed by atoms with Crippen molar-refractivity contribution in [2.24, 2.45) is 5.73 Å². The van der Waals surface area contributed by atoms with Crippen LogP contribution in [0, 0.1) is 0 Å². The van der Waals surface area contributed by atoms with Crippen LogP contribution in [-0.2, 0) is 0 Å². The molecule has 0 saturated heterocycles. The van der Waals surface area contributed by atoms with Crippen LogP contribution in [-0.4, -0.2) is 7.05 Å². The van der Waals surface area contributed by atoms with Gasteiger partial charge in [-0.25, -0.2) is 0 Å². The predicted octanol–water partition coefficient (Wildman–Crippen LogP) is 2.13. The van der Waals surface area contributed by atoms with Crippen molar-refractivity contribution in [1.29, 1.82) is 0 Å². The van der Waals surface area contributed by atoms with Gasteiger partial charge in [-0.05, 0) is 14.0 Å². The molecule has 0 unspecified atom stereocenters. The highest BCUT2D eigenvalue weighted by Crippen LogP contribution is 1.86. The second-order valence-corrected chi connectivity index (χ2v) is 1.44. The Kier molecular flexibility index (Phi) is 12.5. The summed E-state index contributed by atoms with van der Waals surface area (Å²) in [5.74, 6) is 0. The molecule has 0 heterocycles. The molecule has 9 heavy (non-hydrogen) atoms. The van der Waals surface area contributed by atoms with Crippen LogP contribution in [0.1, 0.15) is 8.35 Å². The van der Waals surface area contributed by atoms with Gasteiger partial charge in [-0.2, -0.15) is 0 Å². The molecule has 0 aliphatic carbocycles. The lowest BCUT2D eigenvalue weighted by atomic mass is 10.3. The van der Waals surface area contributed by atoms with Gasteiger partial charge in [-0.3, -0.25) is 0 Å². The first-order valence-electron chi connectivity index (χ1n) is 2.79. The average Bonchev–Trinajstić information content (AvgIpc) is 1.88. The lowest BCUT2D eigenvalue weighted by Gasteiger charge is -1.77. The van der Waals surface area contributed by atoms with Crippen molar-refractivity contribution < 1.29 is 1.43 Å². The summed E-state index contributed by atoms with van der Waals surface area (Å²) < 4.78 is 0. The van der Waals surface area contributed by atoms with Crippen LogP contribution in [0.2, 0.25) is 0 Å². The standard InChI is InChI=1S/C7H10.CH5N.H2/c1-4-5-6-7(2)3;1-2;/h4-6H,1-2H2,3H3;2H2,1H3;1H/b6-5-;;. The minimum absolute atomic E-state index is 0. The summed E-state index contributed by atoms with van der Waals surface area (Å²) in [6, 6.07) is 0. The molecular formula is C8H17N. The zero-order chi connectivity index (χ0) is 7.70. The van der Waals surface area contributed by atoms with Crippen LogP contribution >= 0.6 is 0 Å². The van der Waals surface area contributed by atoms with E-state index in [0.717, 1.165) is 5.57 Å². The summed E-state index contributed by atoms with van der Waals surface area (Å²) in [6.45, 7) is 9.11. The molecule has 0 atom stereocenters. The van der Waals surface area contributed by atoms with Gasteiger partial charge in [-0.15, -0.1) is 0 Å². The Labute approximate surface area is 59.1 Å². The minimum atomic E-state index is 0. The van der Waals surface area contributed by atoms with Crippen molar-refractivity contribution in [3.8, 4) is 0 Å². The molecule has 0 spiro atoms. The van der Waals surface area contributed by atoms with E-state index in [1.807, 2.05) is 19.1 Å². The molecule has 1 heteroatoms. The summed E-state index contributed by atoms with van der Waals surface area (Å²) in [5, 5.41) is 0. The summed E-state index contributed by atoms with van der Waals surface area (Å²) in [4.78, 5) is 0. The maximum atomic E-state index is 4.50. The van der Waals surface area contributed by atoms with Crippen LogP contribution < -0.4 is 5.73 Å². The third-order valence-corrected chi connectivity index (χ3v) is 0.517. The predicted molar refractivity (Wildman–Crippen MR) is 46.4 cm³/mol. The van der Waals surface area contributed by atoms with Crippen LogP contribution in [0.25, 0.3) is 0 Å². The molecule has 0 aromatic carbocycles. The third-order valence-electron chi connectivity index (χ3n) is 0.517. The van der Waals surface area contributed by atoms with Gasteiger partial charge in [0.15, 0.2) is 0 Å². The lowest BCUT2D eigenvalue weighted by molar-refractivity contribution is 1.48. The number of nitrogens with two attached hydrogens (primary N) is 1. The maximum Gasteiger partial charge on any atom is 0 e. The summed E-state index contributed by atoms with van der Waals surface area (Å²) in [7, 11) is 1.50. The molecule has 0 aromatic rings. The van der Waals surface area contributed by atoms with Crippen molar-refractivity contribution >= 4 is 0 Å². The van der Waals surface area contributed by atoms with Crippen molar-refractivity contribution in [3.05, 3.63) is 37.0 Å². The Morgan fingerprint density at radius 3 is 2.11 bits per heavy atom.